The number of ketones is 1. The molecule has 6 heteroatoms. The van der Waals surface area contributed by atoms with Gasteiger partial charge in [-0.2, -0.15) is 0 Å². The lowest BCUT2D eigenvalue weighted by atomic mass is 9.90. The molecule has 0 saturated carbocycles. The Morgan fingerprint density at radius 1 is 0.771 bits per heavy atom. The molecule has 0 radical (unpaired) electrons. The quantitative estimate of drug-likeness (QED) is 0.0474. The summed E-state index contributed by atoms with van der Waals surface area (Å²) in [5.74, 6) is -1.53. The molecule has 0 saturated heterocycles. The van der Waals surface area contributed by atoms with Gasteiger partial charge >= 0.3 is 11.9 Å². The van der Waals surface area contributed by atoms with Crippen molar-refractivity contribution in [1.29, 1.82) is 0 Å². The first-order valence-electron chi connectivity index (χ1n) is 17.9. The van der Waals surface area contributed by atoms with Gasteiger partial charge in [0.25, 0.3) is 0 Å². The van der Waals surface area contributed by atoms with E-state index in [1.807, 2.05) is 20.8 Å². The van der Waals surface area contributed by atoms with Crippen LogP contribution in [0.25, 0.3) is 0 Å². The van der Waals surface area contributed by atoms with Gasteiger partial charge in [-0.25, -0.2) is 4.79 Å². The molecule has 0 bridgehead atoms. The van der Waals surface area contributed by atoms with Gasteiger partial charge < -0.3 is 14.2 Å². The molecule has 0 aliphatic rings. The topological polar surface area (TPSA) is 78.9 Å². The van der Waals surface area contributed by atoms with E-state index in [0.717, 1.165) is 51.4 Å². The molecule has 6 nitrogen and oxygen atoms in total. The van der Waals surface area contributed by atoms with Crippen LogP contribution in [0.5, 0.6) is 5.75 Å². The lowest BCUT2D eigenvalue weighted by molar-refractivity contribution is -0.144. The van der Waals surface area contributed by atoms with Gasteiger partial charge in [0.15, 0.2) is 5.78 Å². The van der Waals surface area contributed by atoms with Gasteiger partial charge in [-0.1, -0.05) is 101 Å². The Kier molecular flexibility index (Phi) is 22.6. The minimum absolute atomic E-state index is 0.0319. The van der Waals surface area contributed by atoms with Crippen molar-refractivity contribution in [2.24, 2.45) is 11.8 Å². The van der Waals surface area contributed by atoms with Crippen molar-refractivity contribution in [3.8, 4) is 5.75 Å². The molecule has 0 aliphatic heterocycles. The number of esters is 2. The van der Waals surface area contributed by atoms with Crippen molar-refractivity contribution < 1.29 is 28.6 Å². The first kappa shape index (κ1) is 42.5. The summed E-state index contributed by atoms with van der Waals surface area (Å²) in [6.07, 6.45) is 30.2. The van der Waals surface area contributed by atoms with Crippen LogP contribution >= 0.6 is 0 Å². The predicted octanol–water partition coefficient (Wildman–Crippen LogP) is 10.9. The lowest BCUT2D eigenvalue weighted by Crippen LogP contribution is -2.31. The normalized spacial score (nSPS) is 13.8. The zero-order valence-corrected chi connectivity index (χ0v) is 30.7. The summed E-state index contributed by atoms with van der Waals surface area (Å²) in [5, 5.41) is 0. The minimum Gasteiger partial charge on any atom is -0.456 e. The van der Waals surface area contributed by atoms with Crippen LogP contribution in [0, 0.1) is 11.8 Å². The van der Waals surface area contributed by atoms with E-state index in [9.17, 15) is 14.4 Å². The molecule has 1 unspecified atom stereocenters. The van der Waals surface area contributed by atoms with Crippen LogP contribution in [-0.2, 0) is 19.1 Å². The molecule has 266 valence electrons. The second-order valence-corrected chi connectivity index (χ2v) is 13.4. The molecule has 2 atom stereocenters. The van der Waals surface area contributed by atoms with E-state index in [0.29, 0.717) is 19.4 Å². The van der Waals surface area contributed by atoms with Gasteiger partial charge in [-0.15, -0.1) is 0 Å². The number of benzene rings is 1. The molecular weight excluding hydrogens is 600 g/mol. The molecule has 1 aromatic carbocycles. The van der Waals surface area contributed by atoms with Crippen molar-refractivity contribution in [2.45, 2.75) is 131 Å². The molecule has 0 spiro atoms. The summed E-state index contributed by atoms with van der Waals surface area (Å²) in [7, 11) is 0. The average molecular weight is 663 g/mol. The molecule has 0 fully saturated rings. The van der Waals surface area contributed by atoms with E-state index in [2.05, 4.69) is 67.7 Å². The summed E-state index contributed by atoms with van der Waals surface area (Å²) in [4.78, 5) is 39.3. The van der Waals surface area contributed by atoms with Gasteiger partial charge in [-0.3, -0.25) is 9.59 Å². The molecule has 0 N–H and O–H groups in total. The SMILES string of the molecule is CC/C=C\C/C=C\C/C=C\C/C=C\C/C=C\CCCCOC(CC)C(=O)C[C@@H](CC(C)C)C(=O)Oc1ccccc1C(=O)OC(C)(C)C. The van der Waals surface area contributed by atoms with Crippen molar-refractivity contribution >= 4 is 17.7 Å². The van der Waals surface area contributed by atoms with E-state index in [4.69, 9.17) is 14.2 Å². The molecule has 0 amide bonds. The van der Waals surface area contributed by atoms with Crippen LogP contribution in [0.15, 0.2) is 85.0 Å². The number of allylic oxidation sites excluding steroid dienone is 10. The van der Waals surface area contributed by atoms with Gasteiger partial charge in [0.05, 0.1) is 5.92 Å². The first-order chi connectivity index (χ1) is 23.0. The standard InChI is InChI=1S/C42H62O6/c1-8-10-11-12-13-14-15-16-17-18-19-20-21-22-23-24-25-28-31-46-38(9-2)37(43)33-35(32-34(3)4)40(44)47-39-30-27-26-29-36(39)41(45)48-42(5,6)7/h10-11,13-14,16-17,19-20,22-23,26-27,29-30,34-35,38H,8-9,12,15,18,21,24-25,28,31-33H2,1-7H3/b11-10-,14-13-,17-16-,20-19-,23-22-/t35-,38?/m1/s1. The second-order valence-electron chi connectivity index (χ2n) is 13.4. The van der Waals surface area contributed by atoms with Gasteiger partial charge in [0.1, 0.15) is 23.0 Å². The van der Waals surface area contributed by atoms with Gasteiger partial charge in [-0.05, 0) is 103 Å². The third kappa shape index (κ3) is 20.7. The first-order valence-corrected chi connectivity index (χ1v) is 17.9. The van der Waals surface area contributed by atoms with Crippen LogP contribution in [0.2, 0.25) is 0 Å². The zero-order valence-electron chi connectivity index (χ0n) is 30.7. The molecule has 48 heavy (non-hydrogen) atoms. The van der Waals surface area contributed by atoms with Crippen LogP contribution in [0.3, 0.4) is 0 Å². The fourth-order valence-corrected chi connectivity index (χ4v) is 4.85. The number of carbonyl (C=O) groups excluding carboxylic acids is 3. The Bertz CT molecular complexity index is 1210. The van der Waals surface area contributed by atoms with Crippen LogP contribution < -0.4 is 4.74 Å². The summed E-state index contributed by atoms with van der Waals surface area (Å²) < 4.78 is 17.2. The van der Waals surface area contributed by atoms with Crippen molar-refractivity contribution in [3.63, 3.8) is 0 Å². The number of Topliss-reactive ketones (excluding diaryl/α,β-unsaturated/α-hetero) is 1. The maximum atomic E-state index is 13.3. The molecule has 0 heterocycles. The molecular formula is C42H62O6. The van der Waals surface area contributed by atoms with Crippen molar-refractivity contribution in [3.05, 3.63) is 90.6 Å². The van der Waals surface area contributed by atoms with E-state index in [-0.39, 0.29) is 29.4 Å². The highest BCUT2D eigenvalue weighted by molar-refractivity contribution is 5.94. The van der Waals surface area contributed by atoms with Crippen LogP contribution in [-0.4, -0.2) is 36.0 Å². The Hall–Kier alpha value is -3.51. The molecule has 1 rings (SSSR count). The number of ether oxygens (including phenoxy) is 3. The predicted molar refractivity (Wildman–Crippen MR) is 198 cm³/mol. The third-order valence-corrected chi connectivity index (χ3v) is 7.23. The highest BCUT2D eigenvalue weighted by Crippen LogP contribution is 2.26. The second kappa shape index (κ2) is 25.5. The van der Waals surface area contributed by atoms with E-state index < -0.39 is 29.6 Å². The maximum absolute atomic E-state index is 13.3. The van der Waals surface area contributed by atoms with Crippen LogP contribution in [0.1, 0.15) is 129 Å². The Balaban J connectivity index is 2.47. The number of hydrogen-bond donors (Lipinski definition) is 0. The molecule has 1 aromatic rings. The van der Waals surface area contributed by atoms with E-state index in [1.54, 1.807) is 45.0 Å². The zero-order chi connectivity index (χ0) is 35.6. The van der Waals surface area contributed by atoms with E-state index in [1.165, 1.54) is 0 Å². The molecule has 0 aromatic heterocycles. The average Bonchev–Trinajstić information content (AvgIpc) is 3.02. The Morgan fingerprint density at radius 2 is 1.33 bits per heavy atom. The number of unbranched alkanes of at least 4 members (excludes halogenated alkanes) is 2. The molecule has 0 aliphatic carbocycles. The smallest absolute Gasteiger partial charge is 0.342 e. The Labute approximate surface area is 291 Å². The lowest BCUT2D eigenvalue weighted by Gasteiger charge is -2.22. The third-order valence-electron chi connectivity index (χ3n) is 7.23. The summed E-state index contributed by atoms with van der Waals surface area (Å²) in [6, 6.07) is 6.53. The highest BCUT2D eigenvalue weighted by atomic mass is 16.6. The maximum Gasteiger partial charge on any atom is 0.342 e. The summed E-state index contributed by atoms with van der Waals surface area (Å²) in [5.41, 5.74) is -0.513. The number of carbonyl (C=O) groups is 3. The fraction of sp³-hybridized carbons (Fsp3) is 0.548. The number of hydrogen-bond acceptors (Lipinski definition) is 6. The monoisotopic (exact) mass is 662 g/mol. The van der Waals surface area contributed by atoms with Crippen molar-refractivity contribution in [2.75, 3.05) is 6.61 Å². The fourth-order valence-electron chi connectivity index (χ4n) is 4.85. The van der Waals surface area contributed by atoms with Crippen LogP contribution in [0.4, 0.5) is 0 Å². The highest BCUT2D eigenvalue weighted by Gasteiger charge is 2.30. The number of para-hydroxylation sites is 1. The summed E-state index contributed by atoms with van der Waals surface area (Å²) >= 11 is 0. The largest absolute Gasteiger partial charge is 0.456 e. The van der Waals surface area contributed by atoms with Gasteiger partial charge in [0.2, 0.25) is 0 Å². The minimum atomic E-state index is -0.689. The van der Waals surface area contributed by atoms with Crippen molar-refractivity contribution in [1.82, 2.24) is 0 Å². The summed E-state index contributed by atoms with van der Waals surface area (Å²) in [6.45, 7) is 13.9. The number of rotatable bonds is 24. The van der Waals surface area contributed by atoms with Gasteiger partial charge in [0, 0.05) is 13.0 Å². The van der Waals surface area contributed by atoms with E-state index >= 15 is 0 Å². The Morgan fingerprint density at radius 3 is 1.88 bits per heavy atom.